The van der Waals surface area contributed by atoms with Gasteiger partial charge in [-0.1, -0.05) is 54.1 Å². The number of fused-ring (bicyclic) bond motifs is 2. The van der Waals surface area contributed by atoms with Crippen LogP contribution in [-0.4, -0.2) is 78.4 Å². The van der Waals surface area contributed by atoms with Gasteiger partial charge in [0.1, 0.15) is 0 Å². The molecule has 2 heterocycles. The fourth-order valence-electron chi connectivity index (χ4n) is 5.81. The Morgan fingerprint density at radius 1 is 0.854 bits per heavy atom. The number of aliphatic carboxylic acids is 1. The van der Waals surface area contributed by atoms with Gasteiger partial charge in [-0.05, 0) is 44.0 Å². The first-order valence-corrected chi connectivity index (χ1v) is 18.0. The third-order valence-corrected chi connectivity index (χ3v) is 10.7. The van der Waals surface area contributed by atoms with Crippen molar-refractivity contribution in [2.45, 2.75) is 49.5 Å². The summed E-state index contributed by atoms with van der Waals surface area (Å²) in [6.45, 7) is 1.18. The van der Waals surface area contributed by atoms with Crippen LogP contribution in [0.1, 0.15) is 48.8 Å². The largest absolute Gasteiger partial charge is 0.481 e. The second-order valence-electron chi connectivity index (χ2n) is 11.4. The maximum absolute atomic E-state index is 15.3. The monoisotopic (exact) mass is 699 g/mol. The Labute approximate surface area is 277 Å². The number of hydroxylamine groups is 2. The Balaban J connectivity index is 1.76. The highest BCUT2D eigenvalue weighted by atomic mass is 32.2. The van der Waals surface area contributed by atoms with E-state index in [0.717, 1.165) is 5.56 Å². The number of carbonyl (C=O) groups excluding carboxylic acids is 3. The van der Waals surface area contributed by atoms with E-state index < -0.39 is 68.2 Å². The van der Waals surface area contributed by atoms with Crippen molar-refractivity contribution in [3.8, 4) is 0 Å². The highest BCUT2D eigenvalue weighted by molar-refractivity contribution is 7.89. The summed E-state index contributed by atoms with van der Waals surface area (Å²) in [5.74, 6) is -4.51. The first-order chi connectivity index (χ1) is 22.7. The number of anilines is 2. The van der Waals surface area contributed by atoms with Crippen LogP contribution in [0.4, 0.5) is 11.4 Å². The molecule has 0 spiro atoms. The topological polar surface area (TPSA) is 196 Å². The van der Waals surface area contributed by atoms with E-state index in [1.165, 1.54) is 36.4 Å². The minimum atomic E-state index is -4.70. The standard InChI is InChI=1S/C32H33N3O11S2/c1-22-13-15-23(16-14-22)48(44,45)34(20-6-12-30(38)39)31(40)32(46-35-28(36)17-18-29(35)37)24-8-2-4-10-26(24)33(19-7-21-47(41,42)43)27-11-5-3-9-25(27)32/h2-5,8-11,13-16H,6-7,12,17-21H2,1H3,(H,38,39)(H,41,42,43). The fraction of sp³-hybridized carbons (Fsp3) is 0.312. The lowest BCUT2D eigenvalue weighted by Crippen LogP contribution is -2.56. The van der Waals surface area contributed by atoms with Gasteiger partial charge in [0, 0.05) is 54.9 Å². The summed E-state index contributed by atoms with van der Waals surface area (Å²) < 4.78 is 61.6. The molecule has 14 nitrogen and oxygen atoms in total. The first-order valence-electron chi connectivity index (χ1n) is 15.0. The second-order valence-corrected chi connectivity index (χ2v) is 14.8. The molecule has 0 aliphatic carbocycles. The van der Waals surface area contributed by atoms with Crippen LogP contribution < -0.4 is 4.90 Å². The summed E-state index contributed by atoms with van der Waals surface area (Å²) in [4.78, 5) is 60.4. The molecule has 0 atom stereocenters. The molecule has 0 aromatic heterocycles. The fourth-order valence-corrected chi connectivity index (χ4v) is 7.76. The molecule has 0 saturated carbocycles. The molecule has 0 radical (unpaired) electrons. The van der Waals surface area contributed by atoms with Crippen molar-refractivity contribution in [3.63, 3.8) is 0 Å². The van der Waals surface area contributed by atoms with Gasteiger partial charge in [-0.15, -0.1) is 0 Å². The van der Waals surface area contributed by atoms with Gasteiger partial charge < -0.3 is 10.0 Å². The Hall–Kier alpha value is -4.64. The molecule has 2 N–H and O–H groups in total. The second kappa shape index (κ2) is 13.5. The SMILES string of the molecule is Cc1ccc(S(=O)(=O)N(CCCC(=O)O)C(=O)C2(ON3C(=O)CCC3=O)c3ccccc3N(CCCS(=O)(=O)O)c3ccccc32)cc1. The van der Waals surface area contributed by atoms with Crippen LogP contribution in [0, 0.1) is 6.92 Å². The lowest BCUT2D eigenvalue weighted by molar-refractivity contribution is -0.224. The summed E-state index contributed by atoms with van der Waals surface area (Å²) >= 11 is 0. The van der Waals surface area contributed by atoms with Crippen molar-refractivity contribution < 1.29 is 50.5 Å². The predicted octanol–water partition coefficient (Wildman–Crippen LogP) is 3.13. The van der Waals surface area contributed by atoms with E-state index in [1.54, 1.807) is 48.2 Å². The molecule has 3 amide bonds. The number of carbonyl (C=O) groups is 4. The smallest absolute Gasteiger partial charge is 0.303 e. The van der Waals surface area contributed by atoms with Gasteiger partial charge in [0.25, 0.3) is 37.9 Å². The summed E-state index contributed by atoms with van der Waals surface area (Å²) in [6, 6.07) is 18.1. The summed E-state index contributed by atoms with van der Waals surface area (Å²) in [5, 5.41) is 9.82. The minimum absolute atomic E-state index is 0.0175. The maximum atomic E-state index is 15.3. The molecule has 2 aliphatic rings. The van der Waals surface area contributed by atoms with Crippen LogP contribution in [0.15, 0.2) is 77.7 Å². The summed E-state index contributed by atoms with van der Waals surface area (Å²) in [7, 11) is -9.02. The van der Waals surface area contributed by atoms with Crippen molar-refractivity contribution in [1.82, 2.24) is 9.37 Å². The van der Waals surface area contributed by atoms with Gasteiger partial charge in [-0.3, -0.25) is 23.7 Å². The molecule has 254 valence electrons. The molecule has 2 aliphatic heterocycles. The zero-order chi connectivity index (χ0) is 34.9. The molecule has 48 heavy (non-hydrogen) atoms. The normalized spacial score (nSPS) is 15.6. The number of hydrogen-bond acceptors (Lipinski definition) is 10. The number of hydrogen-bond donors (Lipinski definition) is 2. The van der Waals surface area contributed by atoms with Gasteiger partial charge in [-0.2, -0.15) is 13.5 Å². The predicted molar refractivity (Wildman–Crippen MR) is 171 cm³/mol. The van der Waals surface area contributed by atoms with E-state index in [4.69, 9.17) is 4.84 Å². The molecule has 0 bridgehead atoms. The van der Waals surface area contributed by atoms with Crippen molar-refractivity contribution in [3.05, 3.63) is 89.5 Å². The van der Waals surface area contributed by atoms with Crippen LogP contribution in [0.25, 0.3) is 0 Å². The molecule has 1 fully saturated rings. The molecular formula is C32H33N3O11S2. The quantitative estimate of drug-likeness (QED) is 0.196. The average Bonchev–Trinajstić information content (AvgIpc) is 3.35. The number of imide groups is 1. The number of carboxylic acids is 1. The maximum Gasteiger partial charge on any atom is 0.303 e. The van der Waals surface area contributed by atoms with E-state index in [0.29, 0.717) is 9.37 Å². The van der Waals surface area contributed by atoms with Gasteiger partial charge in [0.2, 0.25) is 5.60 Å². The Morgan fingerprint density at radius 3 is 1.92 bits per heavy atom. The highest BCUT2D eigenvalue weighted by Gasteiger charge is 2.57. The Kier molecular flexibility index (Phi) is 9.73. The summed E-state index contributed by atoms with van der Waals surface area (Å²) in [5.41, 5.74) is -1.11. The average molecular weight is 700 g/mol. The molecule has 16 heteroatoms. The number of para-hydroxylation sites is 2. The number of aryl methyl sites for hydroxylation is 1. The van der Waals surface area contributed by atoms with E-state index in [1.807, 2.05) is 0 Å². The van der Waals surface area contributed by atoms with E-state index in [9.17, 15) is 40.9 Å². The lowest BCUT2D eigenvalue weighted by Gasteiger charge is -2.45. The summed E-state index contributed by atoms with van der Waals surface area (Å²) in [6.07, 6.45) is -1.21. The van der Waals surface area contributed by atoms with Crippen molar-refractivity contribution in [2.24, 2.45) is 0 Å². The molecule has 5 rings (SSSR count). The number of nitrogens with zero attached hydrogens (tertiary/aromatic N) is 3. The van der Waals surface area contributed by atoms with E-state index in [2.05, 4.69) is 0 Å². The van der Waals surface area contributed by atoms with Crippen LogP contribution >= 0.6 is 0 Å². The van der Waals surface area contributed by atoms with Gasteiger partial charge in [0.15, 0.2) is 0 Å². The first kappa shape index (κ1) is 34.7. The van der Waals surface area contributed by atoms with Crippen molar-refractivity contribution >= 4 is 55.2 Å². The Bertz CT molecular complexity index is 1920. The molecular weight excluding hydrogens is 666 g/mol. The van der Waals surface area contributed by atoms with Gasteiger partial charge in [-0.25, -0.2) is 17.6 Å². The molecule has 3 aromatic rings. The van der Waals surface area contributed by atoms with Crippen molar-refractivity contribution in [1.29, 1.82) is 0 Å². The van der Waals surface area contributed by atoms with Crippen LogP contribution in [0.5, 0.6) is 0 Å². The van der Waals surface area contributed by atoms with E-state index >= 15 is 4.79 Å². The number of benzene rings is 3. The number of rotatable bonds is 13. The third kappa shape index (κ3) is 6.69. The molecule has 1 saturated heterocycles. The molecule has 0 unspecified atom stereocenters. The Morgan fingerprint density at radius 2 is 1.40 bits per heavy atom. The number of carboxylic acid groups (broad SMARTS) is 1. The van der Waals surface area contributed by atoms with Crippen molar-refractivity contribution in [2.75, 3.05) is 23.7 Å². The van der Waals surface area contributed by atoms with Gasteiger partial charge in [0.05, 0.1) is 10.6 Å². The molecule has 3 aromatic carbocycles. The van der Waals surface area contributed by atoms with Crippen LogP contribution in [0.3, 0.4) is 0 Å². The number of amides is 3. The highest BCUT2D eigenvalue weighted by Crippen LogP contribution is 2.52. The minimum Gasteiger partial charge on any atom is -0.481 e. The zero-order valence-corrected chi connectivity index (χ0v) is 27.4. The lowest BCUT2D eigenvalue weighted by atomic mass is 9.79. The zero-order valence-electron chi connectivity index (χ0n) is 25.8. The van der Waals surface area contributed by atoms with E-state index in [-0.39, 0.29) is 59.6 Å². The van der Waals surface area contributed by atoms with Crippen LogP contribution in [-0.2, 0) is 49.8 Å². The number of sulfonamides is 1. The van der Waals surface area contributed by atoms with Gasteiger partial charge >= 0.3 is 5.97 Å². The third-order valence-electron chi connectivity index (χ3n) is 8.05. The van der Waals surface area contributed by atoms with Crippen LogP contribution in [0.2, 0.25) is 0 Å².